The van der Waals surface area contributed by atoms with Gasteiger partial charge in [-0.15, -0.1) is 0 Å². The molecular formula is C12H12F2N2O3S2. The van der Waals surface area contributed by atoms with Crippen molar-refractivity contribution in [1.82, 2.24) is 4.98 Å². The third kappa shape index (κ3) is 3.96. The van der Waals surface area contributed by atoms with Gasteiger partial charge in [-0.2, -0.15) is 8.78 Å². The maximum Gasteiger partial charge on any atom is 0.288 e. The van der Waals surface area contributed by atoms with Crippen LogP contribution in [0.4, 0.5) is 14.5 Å². The predicted octanol–water partition coefficient (Wildman–Crippen LogP) is 2.62. The number of hydrogen-bond acceptors (Lipinski definition) is 4. The maximum absolute atomic E-state index is 12.5. The van der Waals surface area contributed by atoms with Crippen LogP contribution in [0.5, 0.6) is 0 Å². The van der Waals surface area contributed by atoms with E-state index in [0.29, 0.717) is 5.69 Å². The van der Waals surface area contributed by atoms with Gasteiger partial charge in [-0.1, -0.05) is 23.9 Å². The molecule has 0 saturated carbocycles. The molecule has 1 aromatic carbocycles. The van der Waals surface area contributed by atoms with Crippen LogP contribution in [0.1, 0.15) is 5.69 Å². The first-order valence-corrected chi connectivity index (χ1v) is 8.13. The fourth-order valence-corrected chi connectivity index (χ4v) is 3.38. The maximum atomic E-state index is 12.5. The molecule has 2 rings (SSSR count). The Hall–Kier alpha value is -1.58. The number of rotatable bonds is 6. The van der Waals surface area contributed by atoms with Gasteiger partial charge in [-0.05, 0) is 18.2 Å². The molecule has 0 amide bonds. The molecule has 114 valence electrons. The molecule has 0 spiro atoms. The highest BCUT2D eigenvalue weighted by molar-refractivity contribution is 7.99. The van der Waals surface area contributed by atoms with E-state index in [9.17, 15) is 17.2 Å². The number of hydrogen-bond donors (Lipinski definition) is 3. The van der Waals surface area contributed by atoms with Gasteiger partial charge >= 0.3 is 0 Å². The molecule has 5 nitrogen and oxygen atoms in total. The number of aliphatic hydroxyl groups excluding tert-OH is 1. The Morgan fingerprint density at radius 3 is 2.67 bits per heavy atom. The van der Waals surface area contributed by atoms with Crippen LogP contribution in [0, 0.1) is 0 Å². The van der Waals surface area contributed by atoms with Crippen LogP contribution in [0.25, 0.3) is 0 Å². The summed E-state index contributed by atoms with van der Waals surface area (Å²) in [5.74, 6) is -2.65. The lowest BCUT2D eigenvalue weighted by Gasteiger charge is -2.11. The number of aromatic nitrogens is 1. The number of aliphatic hydroxyl groups is 1. The lowest BCUT2D eigenvalue weighted by atomic mass is 10.3. The minimum atomic E-state index is -3.91. The number of alkyl halides is 2. The molecule has 0 aliphatic heterocycles. The number of anilines is 1. The van der Waals surface area contributed by atoms with Crippen molar-refractivity contribution in [3.05, 3.63) is 42.2 Å². The van der Waals surface area contributed by atoms with Crippen LogP contribution in [-0.2, 0) is 16.6 Å². The zero-order valence-electron chi connectivity index (χ0n) is 10.6. The first-order valence-electron chi connectivity index (χ1n) is 5.77. The van der Waals surface area contributed by atoms with Gasteiger partial charge in [-0.3, -0.25) is 4.72 Å². The Balaban J connectivity index is 2.28. The first kappa shape index (κ1) is 15.8. The number of benzene rings is 1. The molecule has 21 heavy (non-hydrogen) atoms. The molecule has 2 aromatic rings. The van der Waals surface area contributed by atoms with E-state index in [1.807, 2.05) is 0 Å². The molecule has 1 heterocycles. The summed E-state index contributed by atoms with van der Waals surface area (Å²) in [4.78, 5) is 2.65. The number of H-pyrrole nitrogens is 1. The molecule has 3 N–H and O–H groups in total. The summed E-state index contributed by atoms with van der Waals surface area (Å²) in [6.45, 7) is -0.326. The SMILES string of the molecule is O=S(=O)(Nc1ccccc1SC(F)F)c1c[nH]c(CO)c1. The van der Waals surface area contributed by atoms with Crippen LogP contribution in [0.2, 0.25) is 0 Å². The lowest BCUT2D eigenvalue weighted by Crippen LogP contribution is -2.13. The van der Waals surface area contributed by atoms with Crippen LogP contribution in [-0.4, -0.2) is 24.3 Å². The van der Waals surface area contributed by atoms with Crippen molar-refractivity contribution in [3.8, 4) is 0 Å². The fraction of sp³-hybridized carbons (Fsp3) is 0.167. The summed E-state index contributed by atoms with van der Waals surface area (Å²) in [5.41, 5.74) is 0.417. The molecule has 9 heteroatoms. The Morgan fingerprint density at radius 1 is 1.33 bits per heavy atom. The molecule has 1 aromatic heterocycles. The second-order valence-corrected chi connectivity index (χ2v) is 6.71. The van der Waals surface area contributed by atoms with Gasteiger partial charge in [0.2, 0.25) is 0 Å². The van der Waals surface area contributed by atoms with Crippen LogP contribution in [0.15, 0.2) is 46.3 Å². The molecule has 0 saturated heterocycles. The summed E-state index contributed by atoms with van der Waals surface area (Å²) in [6, 6.07) is 7.17. The van der Waals surface area contributed by atoms with Crippen molar-refractivity contribution in [2.45, 2.75) is 22.2 Å². The molecule has 0 unspecified atom stereocenters. The summed E-state index contributed by atoms with van der Waals surface area (Å²) in [5, 5.41) is 8.92. The summed E-state index contributed by atoms with van der Waals surface area (Å²) < 4.78 is 51.5. The molecular weight excluding hydrogens is 322 g/mol. The van der Waals surface area contributed by atoms with Crippen molar-refractivity contribution >= 4 is 27.5 Å². The average Bonchev–Trinajstić information content (AvgIpc) is 2.90. The summed E-state index contributed by atoms with van der Waals surface area (Å²) in [6.07, 6.45) is 1.22. The van der Waals surface area contributed by atoms with Crippen molar-refractivity contribution in [3.63, 3.8) is 0 Å². The third-order valence-corrected chi connectivity index (χ3v) is 4.68. The van der Waals surface area contributed by atoms with Crippen molar-refractivity contribution < 1.29 is 22.3 Å². The molecule has 0 fully saturated rings. The zero-order chi connectivity index (χ0) is 15.5. The normalized spacial score (nSPS) is 11.8. The number of nitrogens with one attached hydrogen (secondary N) is 2. The van der Waals surface area contributed by atoms with Crippen molar-refractivity contribution in [1.29, 1.82) is 0 Å². The van der Waals surface area contributed by atoms with E-state index < -0.39 is 15.8 Å². The van der Waals surface area contributed by atoms with E-state index in [2.05, 4.69) is 9.71 Å². The first-order chi connectivity index (χ1) is 9.92. The van der Waals surface area contributed by atoms with E-state index in [1.165, 1.54) is 24.4 Å². The third-order valence-electron chi connectivity index (χ3n) is 2.54. The van der Waals surface area contributed by atoms with Crippen LogP contribution in [0.3, 0.4) is 0 Å². The van der Waals surface area contributed by atoms with Crippen LogP contribution >= 0.6 is 11.8 Å². The Labute approximate surface area is 124 Å². The molecule has 0 bridgehead atoms. The molecule has 0 aliphatic rings. The van der Waals surface area contributed by atoms with Crippen LogP contribution < -0.4 is 4.72 Å². The Morgan fingerprint density at radius 2 is 2.05 bits per heavy atom. The second-order valence-electron chi connectivity index (χ2n) is 4.00. The highest BCUT2D eigenvalue weighted by atomic mass is 32.2. The van der Waals surface area contributed by atoms with Gasteiger partial charge < -0.3 is 10.1 Å². The van der Waals surface area contributed by atoms with Crippen molar-refractivity contribution in [2.75, 3.05) is 4.72 Å². The number of aromatic amines is 1. The van der Waals surface area contributed by atoms with Gasteiger partial charge in [-0.25, -0.2) is 8.42 Å². The van der Waals surface area contributed by atoms with Crippen molar-refractivity contribution in [2.24, 2.45) is 0 Å². The van der Waals surface area contributed by atoms with Gasteiger partial charge in [0.05, 0.1) is 12.3 Å². The smallest absolute Gasteiger partial charge is 0.288 e. The average molecular weight is 334 g/mol. The monoisotopic (exact) mass is 334 g/mol. The van der Waals surface area contributed by atoms with E-state index in [0.717, 1.165) is 0 Å². The largest absolute Gasteiger partial charge is 0.390 e. The summed E-state index contributed by atoms with van der Waals surface area (Å²) in [7, 11) is -3.91. The van der Waals surface area contributed by atoms with Gasteiger partial charge in [0, 0.05) is 16.8 Å². The standard InChI is InChI=1S/C12H12F2N2O3S2/c13-12(14)20-11-4-2-1-3-10(11)16-21(18,19)9-5-8(7-17)15-6-9/h1-6,12,15-17H,7H2. The topological polar surface area (TPSA) is 82.2 Å². The highest BCUT2D eigenvalue weighted by Gasteiger charge is 2.19. The van der Waals surface area contributed by atoms with E-state index >= 15 is 0 Å². The fourth-order valence-electron chi connectivity index (χ4n) is 1.62. The predicted molar refractivity (Wildman–Crippen MR) is 75.8 cm³/mol. The Kier molecular flexibility index (Phi) is 4.86. The molecule has 0 aliphatic carbocycles. The number of halogens is 2. The molecule has 0 atom stereocenters. The van der Waals surface area contributed by atoms with E-state index in [4.69, 9.17) is 5.11 Å². The van der Waals surface area contributed by atoms with E-state index in [1.54, 1.807) is 12.1 Å². The zero-order valence-corrected chi connectivity index (χ0v) is 12.2. The number of para-hydroxylation sites is 1. The van der Waals surface area contributed by atoms with Gasteiger partial charge in [0.25, 0.3) is 15.8 Å². The van der Waals surface area contributed by atoms with E-state index in [-0.39, 0.29) is 33.8 Å². The van der Waals surface area contributed by atoms with Gasteiger partial charge in [0.15, 0.2) is 0 Å². The number of thioether (sulfide) groups is 1. The quantitative estimate of drug-likeness (QED) is 0.709. The Bertz CT molecular complexity index is 717. The second kappa shape index (κ2) is 6.46. The molecule has 0 radical (unpaired) electrons. The summed E-state index contributed by atoms with van der Waals surface area (Å²) >= 11 is 0.263. The lowest BCUT2D eigenvalue weighted by molar-refractivity contribution is 0.252. The minimum Gasteiger partial charge on any atom is -0.390 e. The number of sulfonamides is 1. The van der Waals surface area contributed by atoms with Gasteiger partial charge in [0.1, 0.15) is 4.90 Å². The highest BCUT2D eigenvalue weighted by Crippen LogP contribution is 2.32. The minimum absolute atomic E-state index is 0.0783.